The summed E-state index contributed by atoms with van der Waals surface area (Å²) in [4.78, 5) is 10.3. The van der Waals surface area contributed by atoms with Crippen molar-refractivity contribution in [1.82, 2.24) is 9.97 Å². The zero-order valence-electron chi connectivity index (χ0n) is 21.0. The van der Waals surface area contributed by atoms with Gasteiger partial charge in [-0.1, -0.05) is 12.1 Å². The van der Waals surface area contributed by atoms with Crippen molar-refractivity contribution in [2.45, 2.75) is 0 Å². The van der Waals surface area contributed by atoms with Gasteiger partial charge in [0, 0.05) is 0 Å². The molecule has 0 N–H and O–H groups in total. The van der Waals surface area contributed by atoms with E-state index in [0.29, 0.717) is 0 Å². The summed E-state index contributed by atoms with van der Waals surface area (Å²) < 4.78 is 3.05. The summed E-state index contributed by atoms with van der Waals surface area (Å²) in [6, 6.07) is 47.8. The Morgan fingerprint density at radius 1 is 0.410 bits per heavy atom. The third-order valence-electron chi connectivity index (χ3n) is 7.47. The molecule has 8 aromatic rings. The number of fused-ring (bicyclic) bond motifs is 6. The first-order valence-electron chi connectivity index (χ1n) is 13.1. The van der Waals surface area contributed by atoms with Crippen LogP contribution in [0.25, 0.3) is 73.0 Å². The number of rotatable bonds is 3. The van der Waals surface area contributed by atoms with Crippen LogP contribution in [0.2, 0.25) is 0 Å². The zero-order chi connectivity index (χ0) is 25.8. The van der Waals surface area contributed by atoms with Crippen LogP contribution in [0.4, 0.5) is 0 Å². The molecule has 0 bridgehead atoms. The van der Waals surface area contributed by atoms with Crippen molar-refractivity contribution < 1.29 is 0 Å². The summed E-state index contributed by atoms with van der Waals surface area (Å²) in [5.41, 5.74) is 6.53. The van der Waals surface area contributed by atoms with E-state index in [1.165, 1.54) is 34.1 Å². The Bertz CT molecular complexity index is 2180. The van der Waals surface area contributed by atoms with Gasteiger partial charge in [-0.25, -0.2) is 0 Å². The van der Waals surface area contributed by atoms with Crippen molar-refractivity contribution in [3.63, 3.8) is 0 Å². The Kier molecular flexibility index (Phi) is 5.33. The maximum absolute atomic E-state index is 5.17. The van der Waals surface area contributed by atoms with Crippen LogP contribution in [0.1, 0.15) is 0 Å². The molecule has 0 amide bonds. The Morgan fingerprint density at radius 2 is 1.10 bits per heavy atom. The van der Waals surface area contributed by atoms with Gasteiger partial charge < -0.3 is 0 Å². The van der Waals surface area contributed by atoms with Crippen LogP contribution < -0.4 is 0 Å². The predicted octanol–water partition coefficient (Wildman–Crippen LogP) is 9.15. The number of hydrogen-bond acceptors (Lipinski definition) is 2. The quantitative estimate of drug-likeness (QED) is 0.147. The van der Waals surface area contributed by atoms with Crippen LogP contribution in [-0.2, 0) is 0 Å². The topological polar surface area (TPSA) is 25.8 Å². The van der Waals surface area contributed by atoms with Gasteiger partial charge in [0.05, 0.1) is 0 Å². The second-order valence-electron chi connectivity index (χ2n) is 9.83. The van der Waals surface area contributed by atoms with Crippen LogP contribution in [0.5, 0.6) is 0 Å². The minimum absolute atomic E-state index is 0.358. The van der Waals surface area contributed by atoms with E-state index >= 15 is 0 Å². The summed E-state index contributed by atoms with van der Waals surface area (Å²) in [6.07, 6.45) is 0. The molecule has 0 saturated heterocycles. The van der Waals surface area contributed by atoms with Gasteiger partial charge in [0.15, 0.2) is 0 Å². The van der Waals surface area contributed by atoms with Crippen LogP contribution in [0.3, 0.4) is 0 Å². The molecule has 0 aliphatic rings. The molecule has 0 unspecified atom stereocenters. The molecule has 39 heavy (non-hydrogen) atoms. The molecule has 0 fully saturated rings. The maximum atomic E-state index is 5.17. The fraction of sp³-hybridized carbons (Fsp3) is 0. The van der Waals surface area contributed by atoms with Gasteiger partial charge >= 0.3 is 225 Å². The average Bonchev–Trinajstić information content (AvgIpc) is 3.39. The molecule has 6 aromatic carbocycles. The molecule has 2 nitrogen and oxygen atoms in total. The van der Waals surface area contributed by atoms with Gasteiger partial charge in [0.25, 0.3) is 0 Å². The first-order valence-corrected chi connectivity index (χ1v) is 15.4. The molecule has 182 valence electrons. The molecule has 2 aromatic heterocycles. The van der Waals surface area contributed by atoms with Crippen molar-refractivity contribution in [3.8, 4) is 33.8 Å². The van der Waals surface area contributed by atoms with Crippen LogP contribution in [-0.4, -0.2) is 30.4 Å². The third kappa shape index (κ3) is 3.86. The Morgan fingerprint density at radius 3 is 2.03 bits per heavy atom. The summed E-state index contributed by atoms with van der Waals surface area (Å²) in [6.45, 7) is 0. The minimum atomic E-state index is -0.358. The van der Waals surface area contributed by atoms with Gasteiger partial charge in [-0.05, 0) is 0 Å². The molecule has 0 saturated carbocycles. The summed E-state index contributed by atoms with van der Waals surface area (Å²) in [7, 11) is 0. The molecular weight excluding hydrogens is 588 g/mol. The number of hydrogen-bond donors (Lipinski definition) is 0. The number of aromatic nitrogens is 2. The first kappa shape index (κ1) is 22.7. The van der Waals surface area contributed by atoms with Crippen LogP contribution in [0, 0.1) is 0 Å². The Hall–Kier alpha value is -4.29. The monoisotopic (exact) mass is 612 g/mol. The average molecular weight is 610 g/mol. The molecule has 0 aliphatic carbocycles. The zero-order valence-corrected chi connectivity index (χ0v) is 23.3. The fourth-order valence-electron chi connectivity index (χ4n) is 5.55. The summed E-state index contributed by atoms with van der Waals surface area (Å²) >= 11 is -0.358. The van der Waals surface area contributed by atoms with Crippen molar-refractivity contribution in [1.29, 1.82) is 0 Å². The van der Waals surface area contributed by atoms with E-state index in [-0.39, 0.29) is 20.4 Å². The molecule has 0 radical (unpaired) electrons. The van der Waals surface area contributed by atoms with E-state index in [2.05, 4.69) is 127 Å². The van der Waals surface area contributed by atoms with Crippen molar-refractivity contribution in [2.24, 2.45) is 0 Å². The number of nitrogens with zero attached hydrogens (tertiary/aromatic N) is 2. The van der Waals surface area contributed by atoms with Crippen LogP contribution in [0.15, 0.2) is 133 Å². The molecule has 0 aliphatic heterocycles. The van der Waals surface area contributed by atoms with Crippen molar-refractivity contribution >= 4 is 59.7 Å². The Labute approximate surface area is 235 Å². The normalized spacial score (nSPS) is 11.6. The molecule has 2 heterocycles. The molecule has 0 atom stereocenters. The van der Waals surface area contributed by atoms with Crippen LogP contribution >= 0.6 is 0 Å². The van der Waals surface area contributed by atoms with E-state index in [9.17, 15) is 0 Å². The van der Waals surface area contributed by atoms with E-state index in [1.54, 1.807) is 0 Å². The first-order chi connectivity index (χ1) is 19.3. The second-order valence-corrected chi connectivity index (χ2v) is 12.9. The van der Waals surface area contributed by atoms with Gasteiger partial charge in [-0.2, -0.15) is 0 Å². The van der Waals surface area contributed by atoms with E-state index < -0.39 is 0 Å². The fourth-order valence-corrected chi connectivity index (χ4v) is 8.82. The molecular formula is C36H22N2Te. The van der Waals surface area contributed by atoms with E-state index in [4.69, 9.17) is 9.97 Å². The third-order valence-corrected chi connectivity index (χ3v) is 10.7. The van der Waals surface area contributed by atoms with Crippen molar-refractivity contribution in [2.75, 3.05) is 0 Å². The SMILES string of the molecule is c1ccc(-c2nc(-c3cccc(-c4ccc5c(c4)[te]c4ccccc45)c3)nc3c2ccc2ccccc23)cc1. The number of benzene rings is 6. The van der Waals surface area contributed by atoms with Gasteiger partial charge in [0.1, 0.15) is 0 Å². The summed E-state index contributed by atoms with van der Waals surface area (Å²) in [5.74, 6) is 0.752. The molecule has 0 spiro atoms. The second kappa shape index (κ2) is 9.17. The predicted molar refractivity (Wildman–Crippen MR) is 165 cm³/mol. The van der Waals surface area contributed by atoms with Gasteiger partial charge in [0.2, 0.25) is 0 Å². The Balaban J connectivity index is 1.32. The van der Waals surface area contributed by atoms with Gasteiger partial charge in [-0.3, -0.25) is 0 Å². The molecule has 8 rings (SSSR count). The van der Waals surface area contributed by atoms with E-state index in [1.807, 2.05) is 6.07 Å². The summed E-state index contributed by atoms with van der Waals surface area (Å²) in [5, 5.41) is 6.23. The molecule has 3 heteroatoms. The standard InChI is InChI=1S/C36H22N2Te/c1-2-10-24(11-3-1)34-31-20-17-23-9-4-5-14-28(23)35(31)38-36(37-34)27-13-8-12-25(21-27)26-18-19-30-29-15-6-7-16-32(29)39-33(30)22-26/h1-22H. The van der Waals surface area contributed by atoms with Gasteiger partial charge in [-0.15, -0.1) is 0 Å². The van der Waals surface area contributed by atoms with Crippen molar-refractivity contribution in [3.05, 3.63) is 133 Å². The van der Waals surface area contributed by atoms with E-state index in [0.717, 1.165) is 38.9 Å².